The molecule has 0 radical (unpaired) electrons. The van der Waals surface area contributed by atoms with Crippen molar-refractivity contribution in [2.24, 2.45) is 0 Å². The Kier molecular flexibility index (Phi) is 6.63. The second-order valence-electron chi connectivity index (χ2n) is 13.3. The van der Waals surface area contributed by atoms with Gasteiger partial charge in [0.15, 0.2) is 0 Å². The number of furan rings is 1. The second kappa shape index (κ2) is 11.7. The van der Waals surface area contributed by atoms with Crippen LogP contribution in [0, 0.1) is 0 Å². The number of hydrogen-bond acceptors (Lipinski definition) is 4. The zero-order valence-corrected chi connectivity index (χ0v) is 29.5. The number of fused-ring (bicyclic) bond motifs is 9. The van der Waals surface area contributed by atoms with Gasteiger partial charge in [-0.2, -0.15) is 0 Å². The Hall–Kier alpha value is -6.20. The molecule has 244 valence electrons. The average Bonchev–Trinajstić information content (AvgIpc) is 3.90. The summed E-state index contributed by atoms with van der Waals surface area (Å²) in [5, 5.41) is 7.42. The van der Waals surface area contributed by atoms with Gasteiger partial charge in [-0.1, -0.05) is 115 Å². The summed E-state index contributed by atoms with van der Waals surface area (Å²) in [5.41, 5.74) is 10.1. The Morgan fingerprint density at radius 1 is 0.365 bits per heavy atom. The molecule has 52 heavy (non-hydrogen) atoms. The number of hydrogen-bond donors (Lipinski definition) is 0. The van der Waals surface area contributed by atoms with Gasteiger partial charge >= 0.3 is 0 Å². The number of benzene rings is 8. The van der Waals surface area contributed by atoms with Crippen LogP contribution < -0.4 is 4.90 Å². The number of rotatable bonds is 5. The molecule has 3 heterocycles. The lowest BCUT2D eigenvalue weighted by Gasteiger charge is -2.26. The first-order chi connectivity index (χ1) is 25.8. The van der Waals surface area contributed by atoms with Crippen LogP contribution >= 0.6 is 22.7 Å². The lowest BCUT2D eigenvalue weighted by Crippen LogP contribution is -2.10. The van der Waals surface area contributed by atoms with Crippen LogP contribution in [0.1, 0.15) is 0 Å². The minimum absolute atomic E-state index is 0.893. The molecule has 3 aromatic heterocycles. The van der Waals surface area contributed by atoms with E-state index in [0.717, 1.165) is 39.0 Å². The molecular weight excluding hydrogens is 671 g/mol. The standard InChI is InChI=1S/C48H29NOS2/c1-2-10-31(11-3-1)35-14-8-15-38-39-16-9-17-42(48(39)52-47(35)38)49(34-25-26-44-40(29-34)36-12-4-6-18-43(36)50-44)33-23-20-30(21-24-33)32-22-27-46-41(28-32)37-13-5-7-19-45(37)51-46/h1-29H. The van der Waals surface area contributed by atoms with Crippen LogP contribution in [0.2, 0.25) is 0 Å². The van der Waals surface area contributed by atoms with Gasteiger partial charge in [-0.25, -0.2) is 0 Å². The highest BCUT2D eigenvalue weighted by Crippen LogP contribution is 2.48. The Morgan fingerprint density at radius 2 is 1.04 bits per heavy atom. The van der Waals surface area contributed by atoms with Crippen molar-refractivity contribution < 1.29 is 4.42 Å². The van der Waals surface area contributed by atoms with Crippen molar-refractivity contribution in [1.29, 1.82) is 0 Å². The highest BCUT2D eigenvalue weighted by atomic mass is 32.1. The van der Waals surface area contributed by atoms with Gasteiger partial charge in [0.25, 0.3) is 0 Å². The van der Waals surface area contributed by atoms with Crippen molar-refractivity contribution in [1.82, 2.24) is 0 Å². The molecule has 0 aliphatic rings. The summed E-state index contributed by atoms with van der Waals surface area (Å²) in [6.45, 7) is 0. The van der Waals surface area contributed by atoms with E-state index in [4.69, 9.17) is 4.42 Å². The zero-order chi connectivity index (χ0) is 34.2. The molecule has 0 unspecified atom stereocenters. The molecule has 0 aliphatic heterocycles. The van der Waals surface area contributed by atoms with Crippen LogP contribution in [0.25, 0.3) is 84.5 Å². The second-order valence-corrected chi connectivity index (χ2v) is 15.4. The van der Waals surface area contributed by atoms with E-state index in [1.165, 1.54) is 62.6 Å². The molecular formula is C48H29NOS2. The normalized spacial score (nSPS) is 11.8. The lowest BCUT2D eigenvalue weighted by atomic mass is 10.0. The van der Waals surface area contributed by atoms with E-state index >= 15 is 0 Å². The lowest BCUT2D eigenvalue weighted by molar-refractivity contribution is 0.669. The van der Waals surface area contributed by atoms with Gasteiger partial charge in [0, 0.05) is 57.8 Å². The summed E-state index contributed by atoms with van der Waals surface area (Å²) >= 11 is 3.74. The summed E-state index contributed by atoms with van der Waals surface area (Å²) in [4.78, 5) is 2.42. The van der Waals surface area contributed by atoms with E-state index in [9.17, 15) is 0 Å². The zero-order valence-electron chi connectivity index (χ0n) is 27.9. The fourth-order valence-electron chi connectivity index (χ4n) is 7.82. The quantitative estimate of drug-likeness (QED) is 0.178. The van der Waals surface area contributed by atoms with Crippen molar-refractivity contribution in [2.75, 3.05) is 4.90 Å². The van der Waals surface area contributed by atoms with Crippen LogP contribution in [0.3, 0.4) is 0 Å². The Balaban J connectivity index is 1.10. The molecule has 8 aromatic carbocycles. The highest BCUT2D eigenvalue weighted by Gasteiger charge is 2.21. The highest BCUT2D eigenvalue weighted by molar-refractivity contribution is 7.27. The molecule has 0 saturated carbocycles. The molecule has 4 heteroatoms. The van der Waals surface area contributed by atoms with Gasteiger partial charge in [0.05, 0.1) is 10.4 Å². The van der Waals surface area contributed by atoms with Crippen LogP contribution in [-0.4, -0.2) is 0 Å². The van der Waals surface area contributed by atoms with E-state index in [2.05, 4.69) is 169 Å². The van der Waals surface area contributed by atoms with Crippen LogP contribution in [0.4, 0.5) is 17.1 Å². The molecule has 0 saturated heterocycles. The van der Waals surface area contributed by atoms with E-state index in [-0.39, 0.29) is 0 Å². The van der Waals surface area contributed by atoms with Crippen molar-refractivity contribution in [2.45, 2.75) is 0 Å². The third kappa shape index (κ3) is 4.62. The Labute approximate surface area is 308 Å². The van der Waals surface area contributed by atoms with E-state index in [0.29, 0.717) is 0 Å². The largest absolute Gasteiger partial charge is 0.456 e. The SMILES string of the molecule is c1ccc(-c2cccc3c2sc2c(N(c4ccc(-c5ccc6sc7ccccc7c6c5)cc4)c4ccc5oc6ccccc6c5c4)cccc23)cc1. The van der Waals surface area contributed by atoms with Crippen LogP contribution in [0.5, 0.6) is 0 Å². The molecule has 11 rings (SSSR count). The van der Waals surface area contributed by atoms with Crippen LogP contribution in [-0.2, 0) is 0 Å². The predicted molar refractivity (Wildman–Crippen MR) is 225 cm³/mol. The number of anilines is 3. The fraction of sp³-hybridized carbons (Fsp3) is 0. The molecule has 0 amide bonds. The first-order valence-electron chi connectivity index (χ1n) is 17.5. The van der Waals surface area contributed by atoms with Gasteiger partial charge < -0.3 is 9.32 Å². The number of thiophene rings is 2. The summed E-state index contributed by atoms with van der Waals surface area (Å²) in [6, 6.07) is 63.7. The Bertz CT molecular complexity index is 3130. The number of para-hydroxylation sites is 1. The maximum atomic E-state index is 6.26. The first kappa shape index (κ1) is 29.5. The molecule has 0 fully saturated rings. The summed E-state index contributed by atoms with van der Waals surface area (Å²) in [7, 11) is 0. The molecule has 2 nitrogen and oxygen atoms in total. The molecule has 0 aliphatic carbocycles. The van der Waals surface area contributed by atoms with Crippen molar-refractivity contribution in [3.63, 3.8) is 0 Å². The van der Waals surface area contributed by atoms with Crippen LogP contribution in [0.15, 0.2) is 180 Å². The monoisotopic (exact) mass is 699 g/mol. The first-order valence-corrected chi connectivity index (χ1v) is 19.1. The fourth-order valence-corrected chi connectivity index (χ4v) is 10.2. The van der Waals surface area contributed by atoms with Gasteiger partial charge in [0.2, 0.25) is 0 Å². The summed E-state index contributed by atoms with van der Waals surface area (Å²) in [6.07, 6.45) is 0. The van der Waals surface area contributed by atoms with Gasteiger partial charge in [-0.15, -0.1) is 22.7 Å². The maximum Gasteiger partial charge on any atom is 0.135 e. The smallest absolute Gasteiger partial charge is 0.135 e. The third-order valence-electron chi connectivity index (χ3n) is 10.3. The molecule has 0 atom stereocenters. The molecule has 0 spiro atoms. The minimum Gasteiger partial charge on any atom is -0.456 e. The topological polar surface area (TPSA) is 16.4 Å². The van der Waals surface area contributed by atoms with Crippen molar-refractivity contribution in [3.8, 4) is 22.3 Å². The van der Waals surface area contributed by atoms with E-state index in [1.807, 2.05) is 34.8 Å². The summed E-state index contributed by atoms with van der Waals surface area (Å²) in [5.74, 6) is 0. The molecule has 11 aromatic rings. The van der Waals surface area contributed by atoms with Gasteiger partial charge in [-0.3, -0.25) is 0 Å². The number of nitrogens with zero attached hydrogens (tertiary/aromatic N) is 1. The predicted octanol–water partition coefficient (Wildman–Crippen LogP) is 15.1. The summed E-state index contributed by atoms with van der Waals surface area (Å²) < 4.78 is 11.5. The maximum absolute atomic E-state index is 6.26. The van der Waals surface area contributed by atoms with Crippen molar-refractivity contribution in [3.05, 3.63) is 176 Å². The van der Waals surface area contributed by atoms with Crippen molar-refractivity contribution >= 4 is 102 Å². The minimum atomic E-state index is 0.893. The average molecular weight is 700 g/mol. The molecule has 0 bridgehead atoms. The molecule has 0 N–H and O–H groups in total. The van der Waals surface area contributed by atoms with E-state index < -0.39 is 0 Å². The Morgan fingerprint density at radius 3 is 1.92 bits per heavy atom. The third-order valence-corrected chi connectivity index (χ3v) is 12.7. The van der Waals surface area contributed by atoms with E-state index in [1.54, 1.807) is 0 Å². The van der Waals surface area contributed by atoms with Gasteiger partial charge in [-0.05, 0) is 82.9 Å². The van der Waals surface area contributed by atoms with Gasteiger partial charge in [0.1, 0.15) is 11.2 Å².